The Bertz CT molecular complexity index is 1100. The van der Waals surface area contributed by atoms with Crippen LogP contribution in [0.5, 0.6) is 0 Å². The summed E-state index contributed by atoms with van der Waals surface area (Å²) in [5.41, 5.74) is 3.30. The number of nitrogens with zero attached hydrogens (tertiary/aromatic N) is 2. The van der Waals surface area contributed by atoms with Gasteiger partial charge in [0.2, 0.25) is 11.8 Å². The van der Waals surface area contributed by atoms with Crippen molar-refractivity contribution in [2.24, 2.45) is 0 Å². The molecule has 0 radical (unpaired) electrons. The molecule has 3 aromatic rings. The Morgan fingerprint density at radius 2 is 1.80 bits per heavy atom. The molecule has 4 rings (SSSR count). The Labute approximate surface area is 212 Å². The summed E-state index contributed by atoms with van der Waals surface area (Å²) in [6, 6.07) is 22.1. The van der Waals surface area contributed by atoms with Gasteiger partial charge >= 0.3 is 0 Å². The maximum absolute atomic E-state index is 13.8. The summed E-state index contributed by atoms with van der Waals surface area (Å²) in [5.74, 6) is -0.265. The molecular weight excluding hydrogens is 456 g/mol. The zero-order valence-electron chi connectivity index (χ0n) is 20.6. The van der Waals surface area contributed by atoms with Crippen LogP contribution in [-0.4, -0.2) is 55.0 Å². The number of carbonyl (C=O) groups is 2. The van der Waals surface area contributed by atoms with Crippen molar-refractivity contribution < 1.29 is 14.3 Å². The zero-order valence-corrected chi connectivity index (χ0v) is 21.4. The van der Waals surface area contributed by atoms with Crippen LogP contribution in [0.3, 0.4) is 0 Å². The second kappa shape index (κ2) is 12.1. The van der Waals surface area contributed by atoms with Crippen LogP contribution in [0.15, 0.2) is 72.1 Å². The van der Waals surface area contributed by atoms with Crippen LogP contribution < -0.4 is 0 Å². The summed E-state index contributed by atoms with van der Waals surface area (Å²) in [6.07, 6.45) is 2.23. The highest BCUT2D eigenvalue weighted by atomic mass is 32.1. The molecule has 1 aromatic heterocycles. The van der Waals surface area contributed by atoms with Gasteiger partial charge in [-0.2, -0.15) is 0 Å². The third kappa shape index (κ3) is 5.82. The fraction of sp³-hybridized carbons (Fsp3) is 0.379. The van der Waals surface area contributed by atoms with Crippen molar-refractivity contribution in [2.45, 2.75) is 38.1 Å². The summed E-state index contributed by atoms with van der Waals surface area (Å²) in [4.78, 5) is 32.6. The molecule has 1 aliphatic rings. The summed E-state index contributed by atoms with van der Waals surface area (Å²) >= 11 is 1.76. The predicted molar refractivity (Wildman–Crippen MR) is 141 cm³/mol. The molecule has 2 aromatic carbocycles. The van der Waals surface area contributed by atoms with Crippen LogP contribution in [0.4, 0.5) is 0 Å². The van der Waals surface area contributed by atoms with E-state index in [4.69, 9.17) is 4.74 Å². The van der Waals surface area contributed by atoms with Crippen LogP contribution >= 0.6 is 11.3 Å². The number of rotatable bonds is 10. The number of amides is 2. The minimum Gasteiger partial charge on any atom is -0.385 e. The van der Waals surface area contributed by atoms with Gasteiger partial charge in [-0.15, -0.1) is 11.3 Å². The number of carbonyl (C=O) groups excluding carboxylic acids is 2. The Balaban J connectivity index is 1.58. The van der Waals surface area contributed by atoms with E-state index < -0.39 is 0 Å². The van der Waals surface area contributed by atoms with Gasteiger partial charge < -0.3 is 14.5 Å². The van der Waals surface area contributed by atoms with Crippen LogP contribution in [0.25, 0.3) is 0 Å². The molecule has 0 fully saturated rings. The Morgan fingerprint density at radius 3 is 2.49 bits per heavy atom. The number of ether oxygens (including phenoxy) is 1. The molecule has 35 heavy (non-hydrogen) atoms. The molecule has 2 amide bonds. The van der Waals surface area contributed by atoms with E-state index in [1.165, 1.54) is 10.4 Å². The van der Waals surface area contributed by atoms with Gasteiger partial charge in [0.25, 0.3) is 0 Å². The number of benzene rings is 2. The van der Waals surface area contributed by atoms with Crippen molar-refractivity contribution in [3.05, 3.63) is 93.7 Å². The van der Waals surface area contributed by atoms with E-state index in [1.54, 1.807) is 23.3 Å². The van der Waals surface area contributed by atoms with Gasteiger partial charge in [0.05, 0.1) is 18.5 Å². The smallest absolute Gasteiger partial charge is 0.242 e. The number of methoxy groups -OCH3 is 1. The van der Waals surface area contributed by atoms with Gasteiger partial charge in [-0.05, 0) is 47.4 Å². The molecular formula is C29H34N2O3S. The fourth-order valence-corrected chi connectivity index (χ4v) is 5.86. The first-order valence-corrected chi connectivity index (χ1v) is 13.2. The highest BCUT2D eigenvalue weighted by Crippen LogP contribution is 2.38. The van der Waals surface area contributed by atoms with Gasteiger partial charge in [0.1, 0.15) is 0 Å². The largest absolute Gasteiger partial charge is 0.385 e. The molecule has 0 saturated carbocycles. The lowest BCUT2D eigenvalue weighted by Gasteiger charge is -2.38. The zero-order chi connectivity index (χ0) is 24.6. The first kappa shape index (κ1) is 25.1. The molecule has 0 saturated heterocycles. The topological polar surface area (TPSA) is 49.9 Å². The van der Waals surface area contributed by atoms with Crippen molar-refractivity contribution in [1.82, 2.24) is 9.80 Å². The Morgan fingerprint density at radius 1 is 1.09 bits per heavy atom. The van der Waals surface area contributed by atoms with E-state index in [-0.39, 0.29) is 30.3 Å². The standard InChI is InChI=1S/C29H34N2O3S/c1-3-24(22-11-6-4-7-12-22)29(33)30(17-10-19-34-2)21-27(32)31-18-15-26-25(16-20-35-26)28(31)23-13-8-5-9-14-23/h4-9,11-14,16,20,24,28H,3,10,15,17-19,21H2,1-2H3. The van der Waals surface area contributed by atoms with Crippen molar-refractivity contribution in [1.29, 1.82) is 0 Å². The maximum atomic E-state index is 13.8. The molecule has 0 bridgehead atoms. The lowest BCUT2D eigenvalue weighted by Crippen LogP contribution is -2.48. The lowest BCUT2D eigenvalue weighted by molar-refractivity contribution is -0.142. The van der Waals surface area contributed by atoms with Gasteiger partial charge in [0, 0.05) is 31.7 Å². The average molecular weight is 491 g/mol. The van der Waals surface area contributed by atoms with E-state index in [0.29, 0.717) is 32.5 Å². The summed E-state index contributed by atoms with van der Waals surface area (Å²) in [6.45, 7) is 3.81. The molecule has 2 atom stereocenters. The fourth-order valence-electron chi connectivity index (χ4n) is 4.96. The van der Waals surface area contributed by atoms with Crippen molar-refractivity contribution in [3.8, 4) is 0 Å². The molecule has 5 nitrogen and oxygen atoms in total. The second-order valence-electron chi connectivity index (χ2n) is 8.93. The Hall–Kier alpha value is -2.96. The SMILES string of the molecule is CCC(C(=O)N(CCCOC)CC(=O)N1CCc2sccc2C1c1ccccc1)c1ccccc1. The lowest BCUT2D eigenvalue weighted by atomic mass is 9.93. The average Bonchev–Trinajstić information content (AvgIpc) is 3.38. The molecule has 0 aliphatic carbocycles. The van der Waals surface area contributed by atoms with Crippen LogP contribution in [0.1, 0.15) is 53.3 Å². The number of thiophene rings is 1. The molecule has 2 heterocycles. The number of hydrogen-bond acceptors (Lipinski definition) is 4. The normalized spacial score (nSPS) is 15.9. The molecule has 0 spiro atoms. The van der Waals surface area contributed by atoms with Gasteiger partial charge in [0.15, 0.2) is 0 Å². The van der Waals surface area contributed by atoms with Crippen LogP contribution in [0.2, 0.25) is 0 Å². The van der Waals surface area contributed by atoms with Crippen molar-refractivity contribution in [2.75, 3.05) is 33.4 Å². The summed E-state index contributed by atoms with van der Waals surface area (Å²) in [5, 5.41) is 2.11. The quantitative estimate of drug-likeness (QED) is 0.363. The maximum Gasteiger partial charge on any atom is 0.242 e. The summed E-state index contributed by atoms with van der Waals surface area (Å²) in [7, 11) is 1.66. The number of hydrogen-bond donors (Lipinski definition) is 0. The first-order valence-electron chi connectivity index (χ1n) is 12.4. The molecule has 1 aliphatic heterocycles. The number of fused-ring (bicyclic) bond motifs is 1. The molecule has 2 unspecified atom stereocenters. The van der Waals surface area contributed by atoms with E-state index in [9.17, 15) is 9.59 Å². The van der Waals surface area contributed by atoms with Gasteiger partial charge in [-0.1, -0.05) is 67.6 Å². The van der Waals surface area contributed by atoms with Crippen LogP contribution in [-0.2, 0) is 20.7 Å². The van der Waals surface area contributed by atoms with E-state index in [0.717, 1.165) is 17.5 Å². The van der Waals surface area contributed by atoms with Crippen molar-refractivity contribution in [3.63, 3.8) is 0 Å². The highest BCUT2D eigenvalue weighted by Gasteiger charge is 2.34. The highest BCUT2D eigenvalue weighted by molar-refractivity contribution is 7.10. The molecule has 6 heteroatoms. The van der Waals surface area contributed by atoms with Gasteiger partial charge in [-0.3, -0.25) is 9.59 Å². The van der Waals surface area contributed by atoms with Crippen molar-refractivity contribution >= 4 is 23.2 Å². The van der Waals surface area contributed by atoms with Gasteiger partial charge in [-0.25, -0.2) is 0 Å². The second-order valence-corrected chi connectivity index (χ2v) is 9.93. The summed E-state index contributed by atoms with van der Waals surface area (Å²) < 4.78 is 5.24. The minimum absolute atomic E-state index is 0.00708. The van der Waals surface area contributed by atoms with Crippen LogP contribution in [0, 0.1) is 0 Å². The predicted octanol–water partition coefficient (Wildman–Crippen LogP) is 5.28. The van der Waals surface area contributed by atoms with E-state index >= 15 is 0 Å². The minimum atomic E-state index is -0.263. The third-order valence-corrected chi connectivity index (χ3v) is 7.72. The molecule has 184 valence electrons. The molecule has 0 N–H and O–H groups in total. The van der Waals surface area contributed by atoms with E-state index in [2.05, 4.69) is 23.6 Å². The van der Waals surface area contributed by atoms with E-state index in [1.807, 2.05) is 60.4 Å². The first-order chi connectivity index (χ1) is 17.1. The Kier molecular flexibility index (Phi) is 8.72. The third-order valence-electron chi connectivity index (χ3n) is 6.72. The monoisotopic (exact) mass is 490 g/mol.